The van der Waals surface area contributed by atoms with Gasteiger partial charge in [-0.15, -0.1) is 5.10 Å². The van der Waals surface area contributed by atoms with Crippen molar-refractivity contribution in [2.24, 2.45) is 0 Å². The minimum Gasteiger partial charge on any atom is -0.478 e. The van der Waals surface area contributed by atoms with Gasteiger partial charge in [-0.25, -0.2) is 9.67 Å². The number of hydrogen-bond acceptors (Lipinski definition) is 7. The molecular formula is C22H20N6O4. The van der Waals surface area contributed by atoms with Gasteiger partial charge in [0, 0.05) is 36.4 Å². The van der Waals surface area contributed by atoms with Gasteiger partial charge in [-0.2, -0.15) is 0 Å². The maximum Gasteiger partial charge on any atom is 0.255 e. The molecule has 1 saturated heterocycles. The first-order valence-electron chi connectivity index (χ1n) is 10.3. The number of hydrogen-bond donors (Lipinski definition) is 1. The molecule has 0 radical (unpaired) electrons. The molecule has 3 amide bonds. The van der Waals surface area contributed by atoms with E-state index in [4.69, 9.17) is 4.74 Å². The first-order valence-corrected chi connectivity index (χ1v) is 10.3. The summed E-state index contributed by atoms with van der Waals surface area (Å²) in [7, 11) is 0. The Balaban J connectivity index is 1.37. The third-order valence-corrected chi connectivity index (χ3v) is 5.59. The first-order chi connectivity index (χ1) is 15.5. The number of ether oxygens (including phenoxy) is 1. The van der Waals surface area contributed by atoms with Crippen LogP contribution in [-0.4, -0.2) is 55.2 Å². The van der Waals surface area contributed by atoms with Crippen LogP contribution in [-0.2, 0) is 16.1 Å². The van der Waals surface area contributed by atoms with E-state index in [1.165, 1.54) is 4.90 Å². The predicted molar refractivity (Wildman–Crippen MR) is 112 cm³/mol. The Kier molecular flexibility index (Phi) is 4.89. The Bertz CT molecular complexity index is 1220. The molecule has 3 aromatic rings. The van der Waals surface area contributed by atoms with Crippen molar-refractivity contribution in [3.63, 3.8) is 0 Å². The summed E-state index contributed by atoms with van der Waals surface area (Å²) in [5, 5.41) is 10.7. The smallest absolute Gasteiger partial charge is 0.255 e. The third kappa shape index (κ3) is 3.49. The molecule has 0 spiro atoms. The van der Waals surface area contributed by atoms with Crippen LogP contribution >= 0.6 is 0 Å². The first kappa shape index (κ1) is 19.9. The van der Waals surface area contributed by atoms with Crippen molar-refractivity contribution >= 4 is 17.7 Å². The quantitative estimate of drug-likeness (QED) is 0.607. The number of pyridine rings is 1. The number of nitrogens with one attached hydrogen (secondary N) is 1. The molecule has 32 heavy (non-hydrogen) atoms. The van der Waals surface area contributed by atoms with Crippen molar-refractivity contribution < 1.29 is 19.1 Å². The molecule has 1 unspecified atom stereocenters. The lowest BCUT2D eigenvalue weighted by molar-refractivity contribution is -0.136. The third-order valence-electron chi connectivity index (χ3n) is 5.59. The monoisotopic (exact) mass is 432 g/mol. The second-order valence-electron chi connectivity index (χ2n) is 7.61. The van der Waals surface area contributed by atoms with E-state index in [9.17, 15) is 14.4 Å². The Morgan fingerprint density at radius 1 is 1.19 bits per heavy atom. The van der Waals surface area contributed by atoms with Gasteiger partial charge in [0.2, 0.25) is 17.7 Å². The zero-order valence-corrected chi connectivity index (χ0v) is 17.3. The molecule has 4 heterocycles. The van der Waals surface area contributed by atoms with Crippen LogP contribution in [0.2, 0.25) is 0 Å². The molecule has 0 saturated carbocycles. The number of imide groups is 1. The summed E-state index contributed by atoms with van der Waals surface area (Å²) < 4.78 is 6.95. The van der Waals surface area contributed by atoms with Crippen LogP contribution in [0.25, 0.3) is 16.9 Å². The van der Waals surface area contributed by atoms with Crippen molar-refractivity contribution in [3.8, 4) is 22.8 Å². The lowest BCUT2D eigenvalue weighted by Gasteiger charge is -2.29. The molecule has 0 bridgehead atoms. The van der Waals surface area contributed by atoms with Crippen LogP contribution in [0.1, 0.15) is 35.7 Å². The maximum atomic E-state index is 13.0. The fraction of sp³-hybridized carbons (Fsp3) is 0.273. The number of fused-ring (bicyclic) bond motifs is 1. The number of nitrogens with zero attached hydrogens (tertiary/aromatic N) is 5. The van der Waals surface area contributed by atoms with Gasteiger partial charge in [0.05, 0.1) is 18.5 Å². The fourth-order valence-electron chi connectivity index (χ4n) is 3.97. The van der Waals surface area contributed by atoms with E-state index < -0.39 is 11.9 Å². The summed E-state index contributed by atoms with van der Waals surface area (Å²) in [6.07, 6.45) is 3.99. The van der Waals surface area contributed by atoms with Crippen LogP contribution in [0.3, 0.4) is 0 Å². The fourth-order valence-corrected chi connectivity index (χ4v) is 3.97. The normalized spacial score (nSPS) is 18.0. The average molecular weight is 432 g/mol. The van der Waals surface area contributed by atoms with Gasteiger partial charge in [-0.3, -0.25) is 19.7 Å². The Labute approximate surface area is 183 Å². The minimum atomic E-state index is -0.638. The molecule has 0 aliphatic carbocycles. The number of piperidine rings is 1. The molecule has 10 nitrogen and oxygen atoms in total. The number of carbonyl (C=O) groups excluding carboxylic acids is 3. The highest BCUT2D eigenvalue weighted by Gasteiger charge is 2.39. The molecule has 2 aliphatic heterocycles. The summed E-state index contributed by atoms with van der Waals surface area (Å²) in [6.45, 7) is 2.77. The number of amides is 3. The number of aromatic nitrogens is 4. The lowest BCUT2D eigenvalue weighted by atomic mass is 10.0. The minimum absolute atomic E-state index is 0.226. The van der Waals surface area contributed by atoms with Gasteiger partial charge >= 0.3 is 0 Å². The summed E-state index contributed by atoms with van der Waals surface area (Å²) in [6, 6.07) is 8.45. The molecule has 162 valence electrons. The molecule has 5 rings (SSSR count). The number of rotatable bonds is 5. The van der Waals surface area contributed by atoms with Crippen molar-refractivity contribution in [2.75, 3.05) is 6.61 Å². The summed E-state index contributed by atoms with van der Waals surface area (Å²) in [4.78, 5) is 42.4. The van der Waals surface area contributed by atoms with E-state index in [-0.39, 0.29) is 18.2 Å². The van der Waals surface area contributed by atoms with E-state index in [0.717, 1.165) is 11.1 Å². The van der Waals surface area contributed by atoms with E-state index in [1.807, 2.05) is 25.1 Å². The van der Waals surface area contributed by atoms with Crippen LogP contribution in [0, 0.1) is 0 Å². The van der Waals surface area contributed by atoms with Crippen LogP contribution in [0.15, 0.2) is 42.7 Å². The van der Waals surface area contributed by atoms with E-state index in [0.29, 0.717) is 42.4 Å². The molecule has 1 atom stereocenters. The highest BCUT2D eigenvalue weighted by molar-refractivity contribution is 6.05. The van der Waals surface area contributed by atoms with E-state index >= 15 is 0 Å². The molecular weight excluding hydrogens is 412 g/mol. The largest absolute Gasteiger partial charge is 0.478 e. The molecule has 1 fully saturated rings. The summed E-state index contributed by atoms with van der Waals surface area (Å²) in [5.41, 5.74) is 3.46. The topological polar surface area (TPSA) is 119 Å². The lowest BCUT2D eigenvalue weighted by Crippen LogP contribution is -2.52. The zero-order chi connectivity index (χ0) is 22.2. The Hall–Kier alpha value is -4.08. The second kappa shape index (κ2) is 7.88. The molecule has 2 aromatic heterocycles. The van der Waals surface area contributed by atoms with Crippen LogP contribution < -0.4 is 10.1 Å². The van der Waals surface area contributed by atoms with Crippen molar-refractivity contribution in [1.29, 1.82) is 0 Å². The average Bonchev–Trinajstić information content (AvgIpc) is 3.40. The van der Waals surface area contributed by atoms with E-state index in [2.05, 4.69) is 20.6 Å². The van der Waals surface area contributed by atoms with Gasteiger partial charge in [-0.05, 0) is 37.1 Å². The number of carbonyl (C=O) groups is 3. The van der Waals surface area contributed by atoms with Gasteiger partial charge in [0.25, 0.3) is 5.91 Å². The number of benzene rings is 1. The van der Waals surface area contributed by atoms with Gasteiger partial charge in [-0.1, -0.05) is 11.3 Å². The SMILES string of the molecule is CCOc1ccc(-c2cn(-c3ccc4c(c3)C(=O)N(C3CCC(=O)NC3=O)C4)nn2)cn1. The molecule has 1 N–H and O–H groups in total. The highest BCUT2D eigenvalue weighted by Crippen LogP contribution is 2.29. The molecule has 1 aromatic carbocycles. The van der Waals surface area contributed by atoms with Gasteiger partial charge < -0.3 is 9.64 Å². The summed E-state index contributed by atoms with van der Waals surface area (Å²) >= 11 is 0. The standard InChI is InChI=1S/C22H20N6O4/c1-2-32-20-8-4-13(10-23-20)17-12-28(26-25-17)15-5-3-14-11-27(22(31)16(14)9-15)18-6-7-19(29)24-21(18)30/h3-5,8-10,12,18H,2,6-7,11H2,1H3,(H,24,29,30). The van der Waals surface area contributed by atoms with Gasteiger partial charge in [0.1, 0.15) is 11.7 Å². The van der Waals surface area contributed by atoms with Crippen molar-refractivity contribution in [3.05, 3.63) is 53.9 Å². The van der Waals surface area contributed by atoms with Crippen molar-refractivity contribution in [2.45, 2.75) is 32.4 Å². The van der Waals surface area contributed by atoms with E-state index in [1.54, 1.807) is 29.2 Å². The molecule has 10 heteroatoms. The predicted octanol–water partition coefficient (Wildman–Crippen LogP) is 1.49. The van der Waals surface area contributed by atoms with Crippen LogP contribution in [0.4, 0.5) is 0 Å². The second-order valence-corrected chi connectivity index (χ2v) is 7.61. The Morgan fingerprint density at radius 2 is 2.06 bits per heavy atom. The highest BCUT2D eigenvalue weighted by atomic mass is 16.5. The maximum absolute atomic E-state index is 13.0. The van der Waals surface area contributed by atoms with Crippen LogP contribution in [0.5, 0.6) is 5.88 Å². The Morgan fingerprint density at radius 3 is 2.81 bits per heavy atom. The van der Waals surface area contributed by atoms with Gasteiger partial charge in [0.15, 0.2) is 0 Å². The molecule has 2 aliphatic rings. The zero-order valence-electron chi connectivity index (χ0n) is 17.3. The summed E-state index contributed by atoms with van der Waals surface area (Å²) in [5.74, 6) is -0.413. The van der Waals surface area contributed by atoms with Crippen molar-refractivity contribution in [1.82, 2.24) is 30.2 Å².